The quantitative estimate of drug-likeness (QED) is 0.650. The Morgan fingerprint density at radius 2 is 1.95 bits per heavy atom. The van der Waals surface area contributed by atoms with Crippen LogP contribution in [0, 0.1) is 6.92 Å². The number of anilines is 1. The first-order valence-electron chi connectivity index (χ1n) is 5.58. The van der Waals surface area contributed by atoms with Crippen LogP contribution in [0.15, 0.2) is 22.7 Å². The summed E-state index contributed by atoms with van der Waals surface area (Å²) in [6.45, 7) is 1.77. The minimum Gasteiger partial charge on any atom is -0.481 e. The van der Waals surface area contributed by atoms with Gasteiger partial charge in [-0.05, 0) is 30.7 Å². The highest BCUT2D eigenvalue weighted by Crippen LogP contribution is 2.19. The molecule has 2 amide bonds. The molecule has 0 spiro atoms. The number of carbonyl (C=O) groups excluding carboxylic acids is 1. The highest BCUT2D eigenvalue weighted by Gasteiger charge is 2.23. The molecule has 108 valence electrons. The van der Waals surface area contributed by atoms with Crippen LogP contribution in [0.25, 0.3) is 0 Å². The second-order valence-electron chi connectivity index (χ2n) is 4.05. The van der Waals surface area contributed by atoms with Gasteiger partial charge in [0, 0.05) is 10.2 Å². The van der Waals surface area contributed by atoms with E-state index in [2.05, 4.69) is 26.6 Å². The van der Waals surface area contributed by atoms with E-state index in [1.54, 1.807) is 25.1 Å². The summed E-state index contributed by atoms with van der Waals surface area (Å²) in [5.41, 5.74) is 1.28. The van der Waals surface area contributed by atoms with Crippen LogP contribution < -0.4 is 10.6 Å². The van der Waals surface area contributed by atoms with Crippen molar-refractivity contribution in [2.45, 2.75) is 19.4 Å². The Kier molecular flexibility index (Phi) is 5.51. The molecule has 8 heteroatoms. The predicted octanol–water partition coefficient (Wildman–Crippen LogP) is 1.81. The zero-order valence-electron chi connectivity index (χ0n) is 10.5. The molecule has 0 bridgehead atoms. The third-order valence-corrected chi connectivity index (χ3v) is 2.91. The summed E-state index contributed by atoms with van der Waals surface area (Å²) in [7, 11) is 0. The summed E-state index contributed by atoms with van der Waals surface area (Å²) in [5, 5.41) is 22.0. The number of urea groups is 1. The van der Waals surface area contributed by atoms with Crippen molar-refractivity contribution in [2.24, 2.45) is 0 Å². The Morgan fingerprint density at radius 3 is 2.45 bits per heavy atom. The van der Waals surface area contributed by atoms with E-state index >= 15 is 0 Å². The third-order valence-electron chi connectivity index (χ3n) is 2.42. The molecule has 0 saturated heterocycles. The van der Waals surface area contributed by atoms with Crippen LogP contribution in [0.5, 0.6) is 0 Å². The molecule has 1 rings (SSSR count). The summed E-state index contributed by atoms with van der Waals surface area (Å²) in [5.74, 6) is -2.72. The van der Waals surface area contributed by atoms with Gasteiger partial charge in [-0.2, -0.15) is 0 Å². The van der Waals surface area contributed by atoms with Crippen LogP contribution in [-0.4, -0.2) is 34.2 Å². The van der Waals surface area contributed by atoms with Crippen molar-refractivity contribution in [1.82, 2.24) is 5.32 Å². The molecular weight excluding hydrogens is 332 g/mol. The maximum atomic E-state index is 11.7. The molecule has 0 heterocycles. The summed E-state index contributed by atoms with van der Waals surface area (Å²) in [6, 6.07) is 2.88. The molecule has 0 unspecified atom stereocenters. The molecule has 0 aliphatic heterocycles. The fraction of sp³-hybridized carbons (Fsp3) is 0.250. The molecule has 0 radical (unpaired) electrons. The average molecular weight is 345 g/mol. The number of carbonyl (C=O) groups is 3. The number of carboxylic acids is 2. The van der Waals surface area contributed by atoms with Crippen molar-refractivity contribution in [1.29, 1.82) is 0 Å². The Morgan fingerprint density at radius 1 is 1.30 bits per heavy atom. The number of rotatable bonds is 5. The number of nitrogens with one attached hydrogen (secondary N) is 2. The van der Waals surface area contributed by atoms with Crippen LogP contribution in [0.1, 0.15) is 12.0 Å². The molecule has 4 N–H and O–H groups in total. The topological polar surface area (TPSA) is 116 Å². The van der Waals surface area contributed by atoms with Gasteiger partial charge in [0.25, 0.3) is 0 Å². The standard InChI is InChI=1S/C12H13BrN2O5/c1-6-4-7(13)2-3-8(6)14-12(20)15-9(11(18)19)5-10(16)17/h2-4,9H,5H2,1H3,(H,16,17)(H,18,19)(H2,14,15,20)/t9-/m1/s1. The molecule has 1 aromatic rings. The average Bonchev–Trinajstić information content (AvgIpc) is 2.31. The van der Waals surface area contributed by atoms with Gasteiger partial charge in [0.05, 0.1) is 6.42 Å². The molecule has 1 atom stereocenters. The highest BCUT2D eigenvalue weighted by molar-refractivity contribution is 9.10. The molecule has 0 aromatic heterocycles. The van der Waals surface area contributed by atoms with Gasteiger partial charge in [0.2, 0.25) is 0 Å². The molecule has 0 saturated carbocycles. The Balaban J connectivity index is 2.70. The molecule has 0 aliphatic carbocycles. The third kappa shape index (κ3) is 4.88. The number of benzene rings is 1. The van der Waals surface area contributed by atoms with Crippen molar-refractivity contribution in [3.63, 3.8) is 0 Å². The van der Waals surface area contributed by atoms with E-state index in [0.717, 1.165) is 10.0 Å². The lowest BCUT2D eigenvalue weighted by atomic mass is 10.2. The first kappa shape index (κ1) is 16.0. The first-order valence-corrected chi connectivity index (χ1v) is 6.37. The molecular formula is C12H13BrN2O5. The first-order chi connectivity index (χ1) is 9.29. The lowest BCUT2D eigenvalue weighted by molar-refractivity contribution is -0.145. The van der Waals surface area contributed by atoms with Gasteiger partial charge in [0.1, 0.15) is 6.04 Å². The highest BCUT2D eigenvalue weighted by atomic mass is 79.9. The van der Waals surface area contributed by atoms with Crippen LogP contribution in [0.4, 0.5) is 10.5 Å². The fourth-order valence-corrected chi connectivity index (χ4v) is 1.93. The van der Waals surface area contributed by atoms with E-state index in [0.29, 0.717) is 5.69 Å². The maximum Gasteiger partial charge on any atom is 0.326 e. The zero-order valence-corrected chi connectivity index (χ0v) is 12.1. The van der Waals surface area contributed by atoms with Crippen molar-refractivity contribution in [3.8, 4) is 0 Å². The van der Waals surface area contributed by atoms with Gasteiger partial charge in [-0.1, -0.05) is 15.9 Å². The van der Waals surface area contributed by atoms with Crippen molar-refractivity contribution >= 4 is 39.6 Å². The number of hydrogen-bond donors (Lipinski definition) is 4. The summed E-state index contributed by atoms with van der Waals surface area (Å²) >= 11 is 3.28. The van der Waals surface area contributed by atoms with Gasteiger partial charge >= 0.3 is 18.0 Å². The lowest BCUT2D eigenvalue weighted by Crippen LogP contribution is -2.44. The number of hydrogen-bond acceptors (Lipinski definition) is 3. The number of halogens is 1. The summed E-state index contributed by atoms with van der Waals surface area (Å²) in [6.07, 6.45) is -0.692. The number of aliphatic carboxylic acids is 2. The van der Waals surface area contributed by atoms with Gasteiger partial charge in [-0.25, -0.2) is 9.59 Å². The lowest BCUT2D eigenvalue weighted by Gasteiger charge is -2.14. The van der Waals surface area contributed by atoms with E-state index in [1.807, 2.05) is 0 Å². The van der Waals surface area contributed by atoms with Crippen LogP contribution in [-0.2, 0) is 9.59 Å². The van der Waals surface area contributed by atoms with Gasteiger partial charge < -0.3 is 20.8 Å². The van der Waals surface area contributed by atoms with E-state index < -0.39 is 30.4 Å². The molecule has 1 aromatic carbocycles. The molecule has 0 aliphatic rings. The molecule has 7 nitrogen and oxygen atoms in total. The van der Waals surface area contributed by atoms with E-state index in [9.17, 15) is 14.4 Å². The Hall–Kier alpha value is -2.09. The van der Waals surface area contributed by atoms with Crippen molar-refractivity contribution < 1.29 is 24.6 Å². The van der Waals surface area contributed by atoms with Crippen LogP contribution in [0.3, 0.4) is 0 Å². The number of carboxylic acid groups (broad SMARTS) is 2. The maximum absolute atomic E-state index is 11.7. The Bertz CT molecular complexity index is 547. The monoisotopic (exact) mass is 344 g/mol. The zero-order chi connectivity index (χ0) is 15.3. The SMILES string of the molecule is Cc1cc(Br)ccc1NC(=O)N[C@H](CC(=O)O)C(=O)O. The van der Waals surface area contributed by atoms with E-state index in [4.69, 9.17) is 10.2 Å². The minimum atomic E-state index is -1.48. The predicted molar refractivity (Wildman–Crippen MR) is 74.7 cm³/mol. The van der Waals surface area contributed by atoms with Crippen molar-refractivity contribution in [3.05, 3.63) is 28.2 Å². The van der Waals surface area contributed by atoms with Gasteiger partial charge in [-0.3, -0.25) is 4.79 Å². The van der Waals surface area contributed by atoms with E-state index in [1.165, 1.54) is 0 Å². The normalized spacial score (nSPS) is 11.5. The van der Waals surface area contributed by atoms with E-state index in [-0.39, 0.29) is 0 Å². The second kappa shape index (κ2) is 6.90. The van der Waals surface area contributed by atoms with Crippen molar-refractivity contribution in [2.75, 3.05) is 5.32 Å². The second-order valence-corrected chi connectivity index (χ2v) is 4.96. The minimum absolute atomic E-state index is 0.505. The molecule has 20 heavy (non-hydrogen) atoms. The van der Waals surface area contributed by atoms with Gasteiger partial charge in [0.15, 0.2) is 0 Å². The molecule has 0 fully saturated rings. The number of aryl methyl sites for hydroxylation is 1. The smallest absolute Gasteiger partial charge is 0.326 e. The summed E-state index contributed by atoms with van der Waals surface area (Å²) < 4.78 is 0.843. The van der Waals surface area contributed by atoms with Gasteiger partial charge in [-0.15, -0.1) is 0 Å². The fourth-order valence-electron chi connectivity index (χ4n) is 1.46. The van der Waals surface area contributed by atoms with Crippen LogP contribution in [0.2, 0.25) is 0 Å². The van der Waals surface area contributed by atoms with Crippen LogP contribution >= 0.6 is 15.9 Å². The summed E-state index contributed by atoms with van der Waals surface area (Å²) in [4.78, 5) is 33.0. The largest absolute Gasteiger partial charge is 0.481 e. The number of amides is 2. The Labute approximate surface area is 123 Å².